The highest BCUT2D eigenvalue weighted by molar-refractivity contribution is 9.10. The first-order valence-corrected chi connectivity index (χ1v) is 4.66. The van der Waals surface area contributed by atoms with Gasteiger partial charge in [0.1, 0.15) is 0 Å². The van der Waals surface area contributed by atoms with Gasteiger partial charge in [0.25, 0.3) is 0 Å². The first-order valence-electron chi connectivity index (χ1n) is 3.49. The highest BCUT2D eigenvalue weighted by Crippen LogP contribution is 2.29. The topological polar surface area (TPSA) is 46.2 Å². The molecule has 0 heterocycles. The van der Waals surface area contributed by atoms with Gasteiger partial charge in [-0.1, -0.05) is 33.6 Å². The van der Waals surface area contributed by atoms with Crippen molar-refractivity contribution in [3.05, 3.63) is 33.3 Å². The molecule has 3 N–H and O–H groups in total. The summed E-state index contributed by atoms with van der Waals surface area (Å²) in [6, 6.07) is 5.35. The fourth-order valence-electron chi connectivity index (χ4n) is 0.947. The summed E-state index contributed by atoms with van der Waals surface area (Å²) in [7, 11) is 0. The predicted molar refractivity (Wildman–Crippen MR) is 53.2 cm³/mol. The second-order valence-corrected chi connectivity index (χ2v) is 3.65. The SMILES string of the molecule is NC[C@@H](O)c1c(Cl)cccc1Br. The van der Waals surface area contributed by atoms with Crippen LogP contribution in [0.2, 0.25) is 5.02 Å². The van der Waals surface area contributed by atoms with Crippen LogP contribution in [0.5, 0.6) is 0 Å². The van der Waals surface area contributed by atoms with E-state index in [-0.39, 0.29) is 6.54 Å². The number of nitrogens with two attached hydrogens (primary N) is 1. The summed E-state index contributed by atoms with van der Waals surface area (Å²) in [6.07, 6.45) is -0.701. The van der Waals surface area contributed by atoms with Crippen LogP contribution < -0.4 is 5.73 Å². The van der Waals surface area contributed by atoms with E-state index in [1.807, 2.05) is 6.07 Å². The van der Waals surface area contributed by atoms with E-state index in [2.05, 4.69) is 15.9 Å². The van der Waals surface area contributed by atoms with Crippen molar-refractivity contribution in [2.75, 3.05) is 6.54 Å². The van der Waals surface area contributed by atoms with Crippen LogP contribution in [-0.4, -0.2) is 11.7 Å². The Morgan fingerprint density at radius 3 is 2.75 bits per heavy atom. The molecule has 0 bridgehead atoms. The number of benzene rings is 1. The largest absolute Gasteiger partial charge is 0.387 e. The minimum Gasteiger partial charge on any atom is -0.387 e. The summed E-state index contributed by atoms with van der Waals surface area (Å²) in [5.74, 6) is 0. The molecule has 2 nitrogen and oxygen atoms in total. The number of aliphatic hydroxyl groups excluding tert-OH is 1. The zero-order chi connectivity index (χ0) is 9.14. The van der Waals surface area contributed by atoms with Crippen molar-refractivity contribution < 1.29 is 5.11 Å². The normalized spacial score (nSPS) is 13.0. The Morgan fingerprint density at radius 1 is 1.58 bits per heavy atom. The number of aliphatic hydroxyl groups is 1. The summed E-state index contributed by atoms with van der Waals surface area (Å²) >= 11 is 9.15. The molecule has 0 fully saturated rings. The van der Waals surface area contributed by atoms with E-state index < -0.39 is 6.10 Å². The third-order valence-corrected chi connectivity index (χ3v) is 2.58. The van der Waals surface area contributed by atoms with Gasteiger partial charge < -0.3 is 10.8 Å². The Balaban J connectivity index is 3.12. The Bertz CT molecular complexity index is 260. The van der Waals surface area contributed by atoms with Gasteiger partial charge in [0.2, 0.25) is 0 Å². The molecule has 1 rings (SSSR count). The average molecular weight is 251 g/mol. The molecule has 0 aliphatic carbocycles. The van der Waals surface area contributed by atoms with Crippen LogP contribution in [0.25, 0.3) is 0 Å². The standard InChI is InChI=1S/C8H9BrClNO/c9-5-2-1-3-6(10)8(5)7(12)4-11/h1-3,7,12H,4,11H2/t7-/m1/s1. The quantitative estimate of drug-likeness (QED) is 0.844. The number of hydrogen-bond donors (Lipinski definition) is 2. The summed E-state index contributed by atoms with van der Waals surface area (Å²) < 4.78 is 0.785. The average Bonchev–Trinajstić information content (AvgIpc) is 2.03. The van der Waals surface area contributed by atoms with Crippen LogP contribution in [0.15, 0.2) is 22.7 Å². The van der Waals surface area contributed by atoms with E-state index in [0.717, 1.165) is 4.47 Å². The summed E-state index contributed by atoms with van der Waals surface area (Å²) in [5, 5.41) is 9.98. The molecule has 0 saturated carbocycles. The van der Waals surface area contributed by atoms with Crippen molar-refractivity contribution in [3.8, 4) is 0 Å². The van der Waals surface area contributed by atoms with E-state index in [4.69, 9.17) is 17.3 Å². The van der Waals surface area contributed by atoms with Gasteiger partial charge in [-0.2, -0.15) is 0 Å². The molecular weight excluding hydrogens is 241 g/mol. The van der Waals surface area contributed by atoms with Gasteiger partial charge in [-0.3, -0.25) is 0 Å². The maximum Gasteiger partial charge on any atom is 0.0937 e. The summed E-state index contributed by atoms with van der Waals surface area (Å²) in [5.41, 5.74) is 5.97. The molecule has 0 aliphatic heterocycles. The summed E-state index contributed by atoms with van der Waals surface area (Å²) in [4.78, 5) is 0. The van der Waals surface area contributed by atoms with Crippen molar-refractivity contribution in [2.45, 2.75) is 6.10 Å². The van der Waals surface area contributed by atoms with Crippen molar-refractivity contribution in [3.63, 3.8) is 0 Å². The maximum atomic E-state index is 9.45. The third kappa shape index (κ3) is 1.98. The first-order chi connectivity index (χ1) is 5.66. The molecule has 4 heteroatoms. The lowest BCUT2D eigenvalue weighted by atomic mass is 10.1. The minimum atomic E-state index is -0.701. The van der Waals surface area contributed by atoms with Crippen molar-refractivity contribution in [1.82, 2.24) is 0 Å². The Hall–Kier alpha value is -0.0900. The highest BCUT2D eigenvalue weighted by atomic mass is 79.9. The lowest BCUT2D eigenvalue weighted by molar-refractivity contribution is 0.186. The lowest BCUT2D eigenvalue weighted by Crippen LogP contribution is -2.12. The van der Waals surface area contributed by atoms with Gasteiger partial charge in [0.15, 0.2) is 0 Å². The molecule has 12 heavy (non-hydrogen) atoms. The van der Waals surface area contributed by atoms with Crippen LogP contribution in [0.4, 0.5) is 0 Å². The smallest absolute Gasteiger partial charge is 0.0937 e. The van der Waals surface area contributed by atoms with Gasteiger partial charge in [0.05, 0.1) is 6.10 Å². The Morgan fingerprint density at radius 2 is 2.25 bits per heavy atom. The van der Waals surface area contributed by atoms with Crippen LogP contribution >= 0.6 is 27.5 Å². The van der Waals surface area contributed by atoms with Crippen molar-refractivity contribution >= 4 is 27.5 Å². The predicted octanol–water partition coefficient (Wildman–Crippen LogP) is 2.09. The Labute approximate surface area is 84.5 Å². The fraction of sp³-hybridized carbons (Fsp3) is 0.250. The van der Waals surface area contributed by atoms with Gasteiger partial charge in [-0.15, -0.1) is 0 Å². The number of halogens is 2. The molecule has 0 spiro atoms. The molecule has 66 valence electrons. The number of hydrogen-bond acceptors (Lipinski definition) is 2. The third-order valence-electron chi connectivity index (χ3n) is 1.56. The Kier molecular flexibility index (Phi) is 3.53. The van der Waals surface area contributed by atoms with Gasteiger partial charge >= 0.3 is 0 Å². The van der Waals surface area contributed by atoms with Crippen LogP contribution in [0.3, 0.4) is 0 Å². The van der Waals surface area contributed by atoms with Gasteiger partial charge in [-0.25, -0.2) is 0 Å². The zero-order valence-corrected chi connectivity index (χ0v) is 8.64. The molecule has 0 aromatic heterocycles. The molecular formula is C8H9BrClNO. The lowest BCUT2D eigenvalue weighted by Gasteiger charge is -2.11. The van der Waals surface area contributed by atoms with Gasteiger partial charge in [-0.05, 0) is 12.1 Å². The second-order valence-electron chi connectivity index (χ2n) is 2.39. The molecule has 0 radical (unpaired) electrons. The van der Waals surface area contributed by atoms with Crippen LogP contribution in [-0.2, 0) is 0 Å². The molecule has 0 amide bonds. The minimum absolute atomic E-state index is 0.169. The van der Waals surface area contributed by atoms with E-state index in [0.29, 0.717) is 10.6 Å². The zero-order valence-electron chi connectivity index (χ0n) is 6.30. The van der Waals surface area contributed by atoms with E-state index >= 15 is 0 Å². The second kappa shape index (κ2) is 4.23. The molecule has 1 atom stereocenters. The molecule has 0 aliphatic rings. The molecule has 0 unspecified atom stereocenters. The van der Waals surface area contributed by atoms with Gasteiger partial charge in [0, 0.05) is 21.6 Å². The monoisotopic (exact) mass is 249 g/mol. The first kappa shape index (κ1) is 9.99. The van der Waals surface area contributed by atoms with Crippen LogP contribution in [0.1, 0.15) is 11.7 Å². The van der Waals surface area contributed by atoms with E-state index in [1.165, 1.54) is 0 Å². The van der Waals surface area contributed by atoms with Crippen LogP contribution in [0, 0.1) is 0 Å². The fourth-order valence-corrected chi connectivity index (χ4v) is 1.99. The van der Waals surface area contributed by atoms with E-state index in [9.17, 15) is 5.11 Å². The highest BCUT2D eigenvalue weighted by Gasteiger charge is 2.12. The van der Waals surface area contributed by atoms with E-state index in [1.54, 1.807) is 12.1 Å². The summed E-state index contributed by atoms with van der Waals surface area (Å²) in [6.45, 7) is 0.169. The maximum absolute atomic E-state index is 9.45. The number of rotatable bonds is 2. The molecule has 1 aromatic rings. The molecule has 0 saturated heterocycles. The van der Waals surface area contributed by atoms with Crippen molar-refractivity contribution in [2.24, 2.45) is 5.73 Å². The molecule has 1 aromatic carbocycles. The van der Waals surface area contributed by atoms with Crippen molar-refractivity contribution in [1.29, 1.82) is 0 Å².